The lowest BCUT2D eigenvalue weighted by Crippen LogP contribution is -2.49. The van der Waals surface area contributed by atoms with Gasteiger partial charge in [0.05, 0.1) is 11.4 Å². The van der Waals surface area contributed by atoms with Crippen molar-refractivity contribution in [1.82, 2.24) is 14.7 Å². The van der Waals surface area contributed by atoms with Crippen molar-refractivity contribution in [3.63, 3.8) is 0 Å². The second-order valence-electron chi connectivity index (χ2n) is 9.39. The van der Waals surface area contributed by atoms with Gasteiger partial charge in [-0.25, -0.2) is 4.39 Å². The van der Waals surface area contributed by atoms with Gasteiger partial charge in [-0.3, -0.25) is 24.2 Å². The molecule has 0 saturated carbocycles. The van der Waals surface area contributed by atoms with Gasteiger partial charge in [0.15, 0.2) is 0 Å². The van der Waals surface area contributed by atoms with Crippen LogP contribution in [0.3, 0.4) is 0 Å². The van der Waals surface area contributed by atoms with Gasteiger partial charge in [0, 0.05) is 38.3 Å². The number of benzene rings is 3. The van der Waals surface area contributed by atoms with Crippen molar-refractivity contribution >= 4 is 34.9 Å². The number of imide groups is 1. The third kappa shape index (κ3) is 6.20. The predicted octanol–water partition coefficient (Wildman–Crippen LogP) is 5.06. The molecule has 3 aromatic rings. The second-order valence-corrected chi connectivity index (χ2v) is 10.4. The lowest BCUT2D eigenvalue weighted by Gasteiger charge is -2.34. The summed E-state index contributed by atoms with van der Waals surface area (Å²) >= 11 is 0.868. The summed E-state index contributed by atoms with van der Waals surface area (Å²) in [6.45, 7) is 4.05. The molecule has 5 rings (SSSR count). The summed E-state index contributed by atoms with van der Waals surface area (Å²) in [4.78, 5) is 44.3. The lowest BCUT2D eigenvalue weighted by atomic mass is 10.1. The summed E-state index contributed by atoms with van der Waals surface area (Å²) in [6, 6.07) is 23.3. The molecule has 0 radical (unpaired) electrons. The highest BCUT2D eigenvalue weighted by atomic mass is 32.2. The number of rotatable bonds is 7. The van der Waals surface area contributed by atoms with Crippen LogP contribution in [0.15, 0.2) is 83.8 Å². The molecule has 0 atom stereocenters. The predicted molar refractivity (Wildman–Crippen MR) is 147 cm³/mol. The van der Waals surface area contributed by atoms with Crippen molar-refractivity contribution in [2.45, 2.75) is 13.0 Å². The van der Waals surface area contributed by atoms with Crippen LogP contribution in [0.25, 0.3) is 6.08 Å². The number of nitrogens with zero attached hydrogens (tertiary/aromatic N) is 3. The van der Waals surface area contributed by atoms with Gasteiger partial charge >= 0.3 is 0 Å². The van der Waals surface area contributed by atoms with Gasteiger partial charge in [-0.2, -0.15) is 0 Å². The monoisotopic (exact) mass is 529 g/mol. The Labute approximate surface area is 225 Å². The van der Waals surface area contributed by atoms with Crippen LogP contribution in [0.4, 0.5) is 9.18 Å². The highest BCUT2D eigenvalue weighted by Gasteiger charge is 2.35. The van der Waals surface area contributed by atoms with E-state index >= 15 is 0 Å². The van der Waals surface area contributed by atoms with E-state index in [0.717, 1.165) is 42.7 Å². The largest absolute Gasteiger partial charge is 0.336 e. The molecule has 2 fully saturated rings. The molecule has 0 spiro atoms. The maximum atomic E-state index is 13.2. The summed E-state index contributed by atoms with van der Waals surface area (Å²) in [5, 5.41) is -0.372. The molecular formula is C30H28FN3O3S. The first kappa shape index (κ1) is 25.9. The average molecular weight is 530 g/mol. The van der Waals surface area contributed by atoms with E-state index in [4.69, 9.17) is 0 Å². The highest BCUT2D eigenvalue weighted by Crippen LogP contribution is 2.33. The summed E-state index contributed by atoms with van der Waals surface area (Å²) in [6.07, 6.45) is 2.64. The number of amides is 3. The van der Waals surface area contributed by atoms with Crippen molar-refractivity contribution in [2.24, 2.45) is 0 Å². The maximum absolute atomic E-state index is 13.2. The van der Waals surface area contributed by atoms with E-state index in [-0.39, 0.29) is 23.5 Å². The second kappa shape index (κ2) is 11.8. The minimum Gasteiger partial charge on any atom is -0.336 e. The molecule has 3 amide bonds. The van der Waals surface area contributed by atoms with Crippen LogP contribution in [-0.2, 0) is 17.8 Å². The van der Waals surface area contributed by atoms with Crippen LogP contribution >= 0.6 is 11.8 Å². The number of carbonyl (C=O) groups is 3. The summed E-state index contributed by atoms with van der Waals surface area (Å²) in [5.41, 5.74) is 3.23. The first-order chi connectivity index (χ1) is 18.5. The molecule has 0 unspecified atom stereocenters. The van der Waals surface area contributed by atoms with E-state index < -0.39 is 5.91 Å². The number of thioether (sulfide) groups is 1. The van der Waals surface area contributed by atoms with E-state index in [1.165, 1.54) is 17.7 Å². The van der Waals surface area contributed by atoms with Gasteiger partial charge in [0.25, 0.3) is 17.1 Å². The van der Waals surface area contributed by atoms with Crippen LogP contribution < -0.4 is 0 Å². The Balaban J connectivity index is 1.19. The molecule has 0 aromatic heterocycles. The molecule has 194 valence electrons. The summed E-state index contributed by atoms with van der Waals surface area (Å²) in [7, 11) is 0. The van der Waals surface area contributed by atoms with Crippen LogP contribution in [0.5, 0.6) is 0 Å². The molecule has 38 heavy (non-hydrogen) atoms. The Bertz CT molecular complexity index is 1350. The Morgan fingerprint density at radius 2 is 1.61 bits per heavy atom. The Hall–Kier alpha value is -3.75. The molecule has 3 aromatic carbocycles. The molecule has 2 aliphatic rings. The van der Waals surface area contributed by atoms with Gasteiger partial charge in [0.2, 0.25) is 0 Å². The van der Waals surface area contributed by atoms with E-state index in [0.29, 0.717) is 34.7 Å². The molecule has 0 aliphatic carbocycles. The zero-order valence-electron chi connectivity index (χ0n) is 20.9. The highest BCUT2D eigenvalue weighted by molar-refractivity contribution is 8.18. The molecule has 6 nitrogen and oxygen atoms in total. The molecule has 2 saturated heterocycles. The van der Waals surface area contributed by atoms with Gasteiger partial charge in [0.1, 0.15) is 5.82 Å². The minimum atomic E-state index is -0.396. The van der Waals surface area contributed by atoms with E-state index in [1.807, 2.05) is 17.0 Å². The van der Waals surface area contributed by atoms with Gasteiger partial charge in [-0.1, -0.05) is 54.6 Å². The molecular weight excluding hydrogens is 501 g/mol. The van der Waals surface area contributed by atoms with Crippen molar-refractivity contribution in [3.8, 4) is 0 Å². The molecule has 8 heteroatoms. The van der Waals surface area contributed by atoms with Crippen LogP contribution in [0.1, 0.15) is 27.0 Å². The van der Waals surface area contributed by atoms with Crippen molar-refractivity contribution in [3.05, 3.63) is 112 Å². The van der Waals surface area contributed by atoms with Gasteiger partial charge in [-0.15, -0.1) is 0 Å². The third-order valence-corrected chi connectivity index (χ3v) is 7.69. The Morgan fingerprint density at radius 3 is 2.34 bits per heavy atom. The van der Waals surface area contributed by atoms with E-state index in [9.17, 15) is 18.8 Å². The number of piperazine rings is 1. The fourth-order valence-electron chi connectivity index (χ4n) is 4.61. The van der Waals surface area contributed by atoms with Crippen LogP contribution in [-0.4, -0.2) is 64.5 Å². The standard InChI is InChI=1S/C30H28FN3O3S/c31-26-11-9-23(10-12-26)21-34-29(36)27(38-30(34)37)20-24-7-4-8-25(19-24)28(35)33-17-15-32(16-18-33)14-13-22-5-2-1-3-6-22/h1-12,19-20H,13-18,21H2/b27-20-. The average Bonchev–Trinajstić information content (AvgIpc) is 3.21. The molecule has 2 heterocycles. The fraction of sp³-hybridized carbons (Fsp3) is 0.233. The normalized spacial score (nSPS) is 17.4. The van der Waals surface area contributed by atoms with E-state index in [1.54, 1.807) is 36.4 Å². The number of halogens is 1. The summed E-state index contributed by atoms with van der Waals surface area (Å²) in [5.74, 6) is -0.804. The van der Waals surface area contributed by atoms with Crippen LogP contribution in [0, 0.1) is 5.82 Å². The zero-order valence-corrected chi connectivity index (χ0v) is 21.7. The zero-order chi connectivity index (χ0) is 26.5. The Morgan fingerprint density at radius 1 is 0.868 bits per heavy atom. The van der Waals surface area contributed by atoms with Gasteiger partial charge in [-0.05, 0) is 65.2 Å². The first-order valence-electron chi connectivity index (χ1n) is 12.6. The summed E-state index contributed by atoms with van der Waals surface area (Å²) < 4.78 is 13.2. The topological polar surface area (TPSA) is 60.9 Å². The third-order valence-electron chi connectivity index (χ3n) is 6.78. The maximum Gasteiger partial charge on any atom is 0.293 e. The first-order valence-corrected chi connectivity index (χ1v) is 13.4. The van der Waals surface area contributed by atoms with Crippen molar-refractivity contribution in [2.75, 3.05) is 32.7 Å². The number of hydrogen-bond acceptors (Lipinski definition) is 5. The lowest BCUT2D eigenvalue weighted by molar-refractivity contribution is -0.123. The van der Waals surface area contributed by atoms with Gasteiger partial charge < -0.3 is 4.90 Å². The molecule has 0 bridgehead atoms. The fourth-order valence-corrected chi connectivity index (χ4v) is 5.45. The smallest absolute Gasteiger partial charge is 0.293 e. The molecule has 2 aliphatic heterocycles. The van der Waals surface area contributed by atoms with Crippen molar-refractivity contribution < 1.29 is 18.8 Å². The minimum absolute atomic E-state index is 0.0348. The van der Waals surface area contributed by atoms with E-state index in [2.05, 4.69) is 29.2 Å². The number of carbonyl (C=O) groups excluding carboxylic acids is 3. The quantitative estimate of drug-likeness (QED) is 0.401. The number of hydrogen-bond donors (Lipinski definition) is 0. The Kier molecular flexibility index (Phi) is 8.00. The van der Waals surface area contributed by atoms with Crippen LogP contribution in [0.2, 0.25) is 0 Å². The SMILES string of the molecule is O=C(c1cccc(/C=C2\SC(=O)N(Cc3ccc(F)cc3)C2=O)c1)N1CCN(CCc2ccccc2)CC1. The molecule has 0 N–H and O–H groups in total. The van der Waals surface area contributed by atoms with Crippen molar-refractivity contribution in [1.29, 1.82) is 0 Å².